The van der Waals surface area contributed by atoms with E-state index in [2.05, 4.69) is 27.0 Å². The number of nitrogens with zero attached hydrogens (tertiary/aromatic N) is 1. The Balaban J connectivity index is 1.77. The van der Waals surface area contributed by atoms with Crippen LogP contribution in [-0.2, 0) is 11.2 Å². The highest BCUT2D eigenvalue weighted by Crippen LogP contribution is 2.17. The molecule has 0 saturated carbocycles. The van der Waals surface area contributed by atoms with Gasteiger partial charge in [-0.25, -0.2) is 0 Å². The van der Waals surface area contributed by atoms with Crippen molar-refractivity contribution in [2.24, 2.45) is 5.92 Å². The predicted octanol–water partition coefficient (Wildman–Crippen LogP) is 2.14. The van der Waals surface area contributed by atoms with Gasteiger partial charge in [0.05, 0.1) is 0 Å². The molecule has 18 heavy (non-hydrogen) atoms. The fraction of sp³-hybridized carbons (Fsp3) is 0.643. The lowest BCUT2D eigenvalue weighted by Crippen LogP contribution is -2.42. The third-order valence-electron chi connectivity index (χ3n) is 3.57. The number of carbonyl (C=O) groups excluding carboxylic acids is 1. The summed E-state index contributed by atoms with van der Waals surface area (Å²) >= 11 is 1.70. The molecule has 2 heterocycles. The molecular formula is C14H22N2OS. The highest BCUT2D eigenvalue weighted by atomic mass is 32.1. The zero-order valence-electron chi connectivity index (χ0n) is 11.0. The zero-order chi connectivity index (χ0) is 12.8. The molecular weight excluding hydrogens is 244 g/mol. The van der Waals surface area contributed by atoms with Gasteiger partial charge in [0.1, 0.15) is 0 Å². The van der Waals surface area contributed by atoms with Gasteiger partial charge < -0.3 is 10.2 Å². The van der Waals surface area contributed by atoms with Crippen molar-refractivity contribution >= 4 is 17.2 Å². The van der Waals surface area contributed by atoms with E-state index in [1.807, 2.05) is 7.05 Å². The lowest BCUT2D eigenvalue weighted by atomic mass is 9.97. The Morgan fingerprint density at radius 1 is 1.61 bits per heavy atom. The monoisotopic (exact) mass is 266 g/mol. The van der Waals surface area contributed by atoms with E-state index in [4.69, 9.17) is 0 Å². The topological polar surface area (TPSA) is 32.3 Å². The summed E-state index contributed by atoms with van der Waals surface area (Å²) in [4.78, 5) is 14.2. The van der Waals surface area contributed by atoms with Crippen molar-refractivity contribution in [1.82, 2.24) is 10.2 Å². The SMILES string of the molecule is CNCC1CCCN(C(=O)CCc2ccsc2)C1. The van der Waals surface area contributed by atoms with Gasteiger partial charge in [-0.15, -0.1) is 0 Å². The summed E-state index contributed by atoms with van der Waals surface area (Å²) < 4.78 is 0. The molecule has 0 aliphatic carbocycles. The minimum atomic E-state index is 0.321. The van der Waals surface area contributed by atoms with E-state index in [-0.39, 0.29) is 0 Å². The molecule has 0 aromatic carbocycles. The first-order valence-electron chi connectivity index (χ1n) is 6.73. The minimum absolute atomic E-state index is 0.321. The molecule has 0 radical (unpaired) electrons. The van der Waals surface area contributed by atoms with Gasteiger partial charge in [0.25, 0.3) is 0 Å². The minimum Gasteiger partial charge on any atom is -0.342 e. The highest BCUT2D eigenvalue weighted by molar-refractivity contribution is 7.07. The summed E-state index contributed by atoms with van der Waals surface area (Å²) in [5.74, 6) is 0.954. The van der Waals surface area contributed by atoms with E-state index in [9.17, 15) is 4.79 Å². The maximum Gasteiger partial charge on any atom is 0.222 e. The summed E-state index contributed by atoms with van der Waals surface area (Å²) in [5.41, 5.74) is 1.29. The van der Waals surface area contributed by atoms with Crippen LogP contribution in [-0.4, -0.2) is 37.5 Å². The summed E-state index contributed by atoms with van der Waals surface area (Å²) in [7, 11) is 1.98. The van der Waals surface area contributed by atoms with Gasteiger partial charge in [-0.2, -0.15) is 11.3 Å². The van der Waals surface area contributed by atoms with Gasteiger partial charge in [0.15, 0.2) is 0 Å². The predicted molar refractivity (Wildman–Crippen MR) is 75.9 cm³/mol. The van der Waals surface area contributed by atoms with Gasteiger partial charge >= 0.3 is 0 Å². The number of rotatable bonds is 5. The van der Waals surface area contributed by atoms with Crippen LogP contribution in [0.3, 0.4) is 0 Å². The van der Waals surface area contributed by atoms with E-state index in [1.54, 1.807) is 11.3 Å². The standard InChI is InChI=1S/C14H22N2OS/c1-15-9-13-3-2-7-16(10-13)14(17)5-4-12-6-8-18-11-12/h6,8,11,13,15H,2-5,7,9-10H2,1H3. The number of carbonyl (C=O) groups is 1. The Morgan fingerprint density at radius 2 is 2.50 bits per heavy atom. The number of hydrogen-bond acceptors (Lipinski definition) is 3. The van der Waals surface area contributed by atoms with Gasteiger partial charge in [-0.05, 0) is 61.2 Å². The molecule has 1 fully saturated rings. The average Bonchev–Trinajstić information content (AvgIpc) is 2.90. The van der Waals surface area contributed by atoms with Gasteiger partial charge in [0.2, 0.25) is 5.91 Å². The Hall–Kier alpha value is -0.870. The van der Waals surface area contributed by atoms with Crippen LogP contribution in [0, 0.1) is 5.92 Å². The number of thiophene rings is 1. The third-order valence-corrected chi connectivity index (χ3v) is 4.30. The fourth-order valence-electron chi connectivity index (χ4n) is 2.59. The zero-order valence-corrected chi connectivity index (χ0v) is 11.8. The molecule has 1 unspecified atom stereocenters. The molecule has 3 nitrogen and oxygen atoms in total. The van der Waals surface area contributed by atoms with E-state index in [0.717, 1.165) is 32.5 Å². The summed E-state index contributed by atoms with van der Waals surface area (Å²) in [5, 5.41) is 7.42. The molecule has 1 amide bonds. The molecule has 0 bridgehead atoms. The van der Waals surface area contributed by atoms with Crippen molar-refractivity contribution in [2.45, 2.75) is 25.7 Å². The number of aryl methyl sites for hydroxylation is 1. The van der Waals surface area contributed by atoms with Gasteiger partial charge in [-0.1, -0.05) is 0 Å². The van der Waals surface area contributed by atoms with Crippen LogP contribution in [0.15, 0.2) is 16.8 Å². The van der Waals surface area contributed by atoms with E-state index >= 15 is 0 Å². The normalized spacial score (nSPS) is 20.1. The van der Waals surface area contributed by atoms with E-state index in [0.29, 0.717) is 18.2 Å². The number of amides is 1. The van der Waals surface area contributed by atoms with Crippen molar-refractivity contribution in [3.63, 3.8) is 0 Å². The number of nitrogens with one attached hydrogen (secondary N) is 1. The fourth-order valence-corrected chi connectivity index (χ4v) is 3.29. The summed E-state index contributed by atoms with van der Waals surface area (Å²) in [6, 6.07) is 2.11. The molecule has 1 atom stereocenters. The Labute approximate surface area is 113 Å². The van der Waals surface area contributed by atoms with Gasteiger partial charge in [-0.3, -0.25) is 4.79 Å². The first-order valence-corrected chi connectivity index (χ1v) is 7.67. The average molecular weight is 266 g/mol. The molecule has 1 aromatic heterocycles. The molecule has 100 valence electrons. The highest BCUT2D eigenvalue weighted by Gasteiger charge is 2.22. The Kier molecular flexibility index (Phi) is 5.20. The van der Waals surface area contributed by atoms with Crippen molar-refractivity contribution in [1.29, 1.82) is 0 Å². The third kappa shape index (κ3) is 3.82. The second-order valence-corrected chi connectivity index (χ2v) is 5.82. The summed E-state index contributed by atoms with van der Waals surface area (Å²) in [6.07, 6.45) is 3.93. The molecule has 0 spiro atoms. The van der Waals surface area contributed by atoms with Crippen LogP contribution in [0.4, 0.5) is 0 Å². The quantitative estimate of drug-likeness (QED) is 0.885. The van der Waals surface area contributed by atoms with E-state index in [1.165, 1.54) is 12.0 Å². The first-order chi connectivity index (χ1) is 8.79. The lowest BCUT2D eigenvalue weighted by molar-refractivity contribution is -0.132. The largest absolute Gasteiger partial charge is 0.342 e. The second kappa shape index (κ2) is 6.90. The van der Waals surface area contributed by atoms with Crippen molar-refractivity contribution in [3.05, 3.63) is 22.4 Å². The van der Waals surface area contributed by atoms with Crippen molar-refractivity contribution in [2.75, 3.05) is 26.7 Å². The second-order valence-electron chi connectivity index (χ2n) is 5.04. The van der Waals surface area contributed by atoms with Crippen LogP contribution in [0.25, 0.3) is 0 Å². The number of hydrogen-bond donors (Lipinski definition) is 1. The van der Waals surface area contributed by atoms with Gasteiger partial charge in [0, 0.05) is 19.5 Å². The molecule has 4 heteroatoms. The number of likely N-dealkylation sites (tertiary alicyclic amines) is 1. The lowest BCUT2D eigenvalue weighted by Gasteiger charge is -2.32. The molecule has 2 rings (SSSR count). The summed E-state index contributed by atoms with van der Waals surface area (Å²) in [6.45, 7) is 2.90. The van der Waals surface area contributed by atoms with E-state index < -0.39 is 0 Å². The van der Waals surface area contributed by atoms with Crippen LogP contribution in [0.1, 0.15) is 24.8 Å². The van der Waals surface area contributed by atoms with Crippen LogP contribution < -0.4 is 5.32 Å². The maximum absolute atomic E-state index is 12.2. The number of piperidine rings is 1. The van der Waals surface area contributed by atoms with Crippen molar-refractivity contribution in [3.8, 4) is 0 Å². The smallest absolute Gasteiger partial charge is 0.222 e. The van der Waals surface area contributed by atoms with Crippen LogP contribution >= 0.6 is 11.3 Å². The maximum atomic E-state index is 12.2. The molecule has 1 aliphatic heterocycles. The van der Waals surface area contributed by atoms with Crippen molar-refractivity contribution < 1.29 is 4.79 Å². The Bertz CT molecular complexity index is 362. The first kappa shape index (κ1) is 13.6. The molecule has 1 saturated heterocycles. The molecule has 1 aromatic rings. The molecule has 1 N–H and O–H groups in total. The molecule has 1 aliphatic rings. The van der Waals surface area contributed by atoms with Crippen LogP contribution in [0.5, 0.6) is 0 Å². The Morgan fingerprint density at radius 3 is 3.22 bits per heavy atom. The van der Waals surface area contributed by atoms with Crippen LogP contribution in [0.2, 0.25) is 0 Å².